The van der Waals surface area contributed by atoms with Crippen molar-refractivity contribution in [3.05, 3.63) is 0 Å². The van der Waals surface area contributed by atoms with Crippen molar-refractivity contribution >= 4 is 40.0 Å². The lowest BCUT2D eigenvalue weighted by molar-refractivity contribution is 0.292. The topological polar surface area (TPSA) is 77.0 Å². The molecule has 9 heteroatoms. The molecule has 0 aliphatic carbocycles. The Balaban J connectivity index is 0. The molecule has 0 fully saturated rings. The van der Waals surface area contributed by atoms with Gasteiger partial charge in [-0.2, -0.15) is 0 Å². The summed E-state index contributed by atoms with van der Waals surface area (Å²) in [7, 11) is -3.12. The monoisotopic (exact) mass is 519 g/mol. The molecule has 0 aliphatic rings. The van der Waals surface area contributed by atoms with E-state index in [1.165, 1.54) is 10.6 Å². The van der Waals surface area contributed by atoms with Crippen LogP contribution in [0.3, 0.4) is 0 Å². The number of hydrogen-bond acceptors (Lipinski definition) is 4. The minimum atomic E-state index is -3.12. The molecule has 0 aliphatic heterocycles. The average Bonchev–Trinajstić information content (AvgIpc) is 2.57. The highest BCUT2D eigenvalue weighted by Gasteiger charge is 2.13. The number of hydrogen-bond donors (Lipinski definition) is 2. The molecule has 0 saturated heterocycles. The number of guanidine groups is 1. The molecule has 2 N–H and O–H groups in total. The van der Waals surface area contributed by atoms with Crippen LogP contribution in [-0.4, -0.2) is 81.7 Å². The van der Waals surface area contributed by atoms with Crippen molar-refractivity contribution < 1.29 is 8.42 Å². The first-order valence-electron chi connectivity index (χ1n) is 10.0. The summed E-state index contributed by atoms with van der Waals surface area (Å²) < 4.78 is 24.7. The quantitative estimate of drug-likeness (QED) is 0.160. The van der Waals surface area contributed by atoms with E-state index in [1.807, 2.05) is 13.8 Å². The van der Waals surface area contributed by atoms with Crippen LogP contribution in [0, 0.1) is 0 Å². The van der Waals surface area contributed by atoms with E-state index in [1.54, 1.807) is 0 Å². The van der Waals surface area contributed by atoms with Crippen molar-refractivity contribution in [2.75, 3.05) is 52.1 Å². The van der Waals surface area contributed by atoms with Gasteiger partial charge in [0.2, 0.25) is 10.0 Å². The van der Waals surface area contributed by atoms with Gasteiger partial charge in [-0.3, -0.25) is 4.99 Å². The molecule has 1 atom stereocenters. The van der Waals surface area contributed by atoms with E-state index < -0.39 is 10.0 Å². The molecule has 0 heterocycles. The maximum absolute atomic E-state index is 11.6. The number of rotatable bonds is 14. The summed E-state index contributed by atoms with van der Waals surface area (Å²) in [5.74, 6) is 0.810. The van der Waals surface area contributed by atoms with Gasteiger partial charge in [-0.25, -0.2) is 12.7 Å². The van der Waals surface area contributed by atoms with E-state index in [-0.39, 0.29) is 24.0 Å². The molecular weight excluding hydrogens is 477 g/mol. The second-order valence-corrected chi connectivity index (χ2v) is 8.57. The van der Waals surface area contributed by atoms with Crippen LogP contribution < -0.4 is 10.6 Å². The molecule has 0 saturated carbocycles. The second kappa shape index (κ2) is 16.8. The lowest BCUT2D eigenvalue weighted by atomic mass is 10.2. The minimum absolute atomic E-state index is 0. The summed E-state index contributed by atoms with van der Waals surface area (Å²) in [5, 5.41) is 6.71. The highest BCUT2D eigenvalue weighted by atomic mass is 127. The highest BCUT2D eigenvalue weighted by molar-refractivity contribution is 14.0. The lowest BCUT2D eigenvalue weighted by Gasteiger charge is -2.21. The fourth-order valence-corrected chi connectivity index (χ4v) is 3.71. The Kier molecular flexibility index (Phi) is 18.1. The third-order valence-electron chi connectivity index (χ3n) is 4.39. The Bertz CT molecular complexity index is 484. The largest absolute Gasteiger partial charge is 0.357 e. The first-order chi connectivity index (χ1) is 12.3. The molecule has 7 nitrogen and oxygen atoms in total. The summed E-state index contributed by atoms with van der Waals surface area (Å²) in [6.45, 7) is 16.2. The molecule has 0 aromatic heterocycles. The van der Waals surface area contributed by atoms with Gasteiger partial charge in [-0.05, 0) is 52.7 Å². The number of sulfonamides is 1. The lowest BCUT2D eigenvalue weighted by Crippen LogP contribution is -2.42. The number of nitrogens with zero attached hydrogens (tertiary/aromatic N) is 3. The van der Waals surface area contributed by atoms with Crippen LogP contribution in [0.2, 0.25) is 0 Å². The standard InChI is InChI=1S/C18H41N5O2S.HI/c1-7-19-18(20-14-12-16-23(10-4)26(6,24)25)21-17(5)13-11-15-22(8-2)9-3;/h17H,7-16H2,1-6H3,(H2,19,20,21);1H. The van der Waals surface area contributed by atoms with E-state index in [0.717, 1.165) is 45.0 Å². The van der Waals surface area contributed by atoms with Crippen LogP contribution >= 0.6 is 24.0 Å². The molecule has 164 valence electrons. The zero-order valence-corrected chi connectivity index (χ0v) is 21.3. The smallest absolute Gasteiger partial charge is 0.211 e. The SMILES string of the molecule is CCNC(=NCCCN(CC)S(C)(=O)=O)NC(C)CCCN(CC)CC.I. The van der Waals surface area contributed by atoms with E-state index in [4.69, 9.17) is 0 Å². The van der Waals surface area contributed by atoms with Gasteiger partial charge >= 0.3 is 0 Å². The molecule has 0 aromatic rings. The van der Waals surface area contributed by atoms with E-state index in [9.17, 15) is 8.42 Å². The maximum atomic E-state index is 11.6. The number of nitrogens with one attached hydrogen (secondary N) is 2. The summed E-state index contributed by atoms with van der Waals surface area (Å²) in [5.41, 5.74) is 0. The minimum Gasteiger partial charge on any atom is -0.357 e. The van der Waals surface area contributed by atoms with Crippen molar-refractivity contribution in [3.63, 3.8) is 0 Å². The van der Waals surface area contributed by atoms with Crippen LogP contribution in [0.15, 0.2) is 4.99 Å². The first-order valence-corrected chi connectivity index (χ1v) is 11.8. The van der Waals surface area contributed by atoms with Crippen LogP contribution in [-0.2, 0) is 10.0 Å². The van der Waals surface area contributed by atoms with E-state index in [2.05, 4.69) is 41.3 Å². The van der Waals surface area contributed by atoms with Crippen LogP contribution in [0.25, 0.3) is 0 Å². The fourth-order valence-electron chi connectivity index (χ4n) is 2.78. The van der Waals surface area contributed by atoms with Crippen molar-refractivity contribution in [2.24, 2.45) is 4.99 Å². The van der Waals surface area contributed by atoms with E-state index in [0.29, 0.717) is 32.1 Å². The van der Waals surface area contributed by atoms with Gasteiger partial charge in [-0.15, -0.1) is 24.0 Å². The molecule has 0 aromatic carbocycles. The predicted molar refractivity (Wildman–Crippen MR) is 128 cm³/mol. The summed E-state index contributed by atoms with van der Waals surface area (Å²) in [4.78, 5) is 7.02. The van der Waals surface area contributed by atoms with Crippen molar-refractivity contribution in [1.29, 1.82) is 0 Å². The fraction of sp³-hybridized carbons (Fsp3) is 0.944. The third kappa shape index (κ3) is 14.5. The molecule has 0 radical (unpaired) electrons. The molecular formula is C18H42IN5O2S. The number of halogens is 1. The van der Waals surface area contributed by atoms with Crippen molar-refractivity contribution in [3.8, 4) is 0 Å². The summed E-state index contributed by atoms with van der Waals surface area (Å²) in [6.07, 6.45) is 4.23. The Morgan fingerprint density at radius 3 is 2.15 bits per heavy atom. The Hall–Kier alpha value is -0.130. The predicted octanol–water partition coefficient (Wildman–Crippen LogP) is 2.34. The Morgan fingerprint density at radius 2 is 1.67 bits per heavy atom. The highest BCUT2D eigenvalue weighted by Crippen LogP contribution is 2.01. The van der Waals surface area contributed by atoms with Gasteiger partial charge in [0, 0.05) is 32.2 Å². The Morgan fingerprint density at radius 1 is 1.04 bits per heavy atom. The normalized spacial score (nSPS) is 13.6. The molecule has 0 spiro atoms. The first kappa shape index (κ1) is 29.1. The molecule has 0 bridgehead atoms. The summed E-state index contributed by atoms with van der Waals surface area (Å²) in [6, 6.07) is 0.353. The maximum Gasteiger partial charge on any atom is 0.211 e. The average molecular weight is 520 g/mol. The molecule has 0 rings (SSSR count). The summed E-state index contributed by atoms with van der Waals surface area (Å²) >= 11 is 0. The second-order valence-electron chi connectivity index (χ2n) is 6.58. The van der Waals surface area contributed by atoms with Crippen LogP contribution in [0.4, 0.5) is 0 Å². The van der Waals surface area contributed by atoms with Gasteiger partial charge < -0.3 is 15.5 Å². The zero-order chi connectivity index (χ0) is 20.0. The Labute approximate surface area is 184 Å². The molecule has 1 unspecified atom stereocenters. The van der Waals surface area contributed by atoms with Gasteiger partial charge in [0.1, 0.15) is 0 Å². The van der Waals surface area contributed by atoms with Crippen molar-refractivity contribution in [2.45, 2.75) is 59.9 Å². The molecule has 27 heavy (non-hydrogen) atoms. The van der Waals surface area contributed by atoms with Gasteiger partial charge in [0.05, 0.1) is 6.26 Å². The zero-order valence-electron chi connectivity index (χ0n) is 18.1. The molecule has 0 amide bonds. The van der Waals surface area contributed by atoms with Gasteiger partial charge in [-0.1, -0.05) is 20.8 Å². The van der Waals surface area contributed by atoms with Gasteiger partial charge in [0.25, 0.3) is 0 Å². The van der Waals surface area contributed by atoms with Crippen LogP contribution in [0.1, 0.15) is 53.9 Å². The van der Waals surface area contributed by atoms with Crippen molar-refractivity contribution in [1.82, 2.24) is 19.8 Å². The van der Waals surface area contributed by atoms with Gasteiger partial charge in [0.15, 0.2) is 5.96 Å². The van der Waals surface area contributed by atoms with E-state index >= 15 is 0 Å². The third-order valence-corrected chi connectivity index (χ3v) is 5.77. The van der Waals surface area contributed by atoms with Crippen LogP contribution in [0.5, 0.6) is 0 Å². The number of aliphatic imine (C=N–C) groups is 1.